The minimum atomic E-state index is 0.333. The van der Waals surface area contributed by atoms with Crippen LogP contribution >= 0.6 is 15.9 Å². The quantitative estimate of drug-likeness (QED) is 0.658. The lowest BCUT2D eigenvalue weighted by Crippen LogP contribution is -2.40. The van der Waals surface area contributed by atoms with Crippen molar-refractivity contribution in [2.24, 2.45) is 0 Å². The van der Waals surface area contributed by atoms with E-state index < -0.39 is 0 Å². The highest BCUT2D eigenvalue weighted by Crippen LogP contribution is 2.28. The molecule has 4 heterocycles. The zero-order chi connectivity index (χ0) is 17.2. The molecule has 8 heteroatoms. The highest BCUT2D eigenvalue weighted by molar-refractivity contribution is 9.10. The van der Waals surface area contributed by atoms with Crippen molar-refractivity contribution in [3.05, 3.63) is 52.5 Å². The van der Waals surface area contributed by atoms with Crippen LogP contribution in [0.1, 0.15) is 23.6 Å². The van der Waals surface area contributed by atoms with E-state index in [1.807, 2.05) is 29.0 Å². The molecule has 0 radical (unpaired) electrons. The molecule has 0 aliphatic carbocycles. The summed E-state index contributed by atoms with van der Waals surface area (Å²) >= 11 is 3.53. The first-order valence-corrected chi connectivity index (χ1v) is 8.94. The van der Waals surface area contributed by atoms with Gasteiger partial charge < -0.3 is 10.1 Å². The number of ether oxygens (including phenoxy) is 1. The Labute approximate surface area is 153 Å². The van der Waals surface area contributed by atoms with E-state index in [-0.39, 0.29) is 0 Å². The summed E-state index contributed by atoms with van der Waals surface area (Å²) in [6, 6.07) is 6.07. The van der Waals surface area contributed by atoms with Gasteiger partial charge in [-0.2, -0.15) is 9.61 Å². The Morgan fingerprint density at radius 1 is 1.52 bits per heavy atom. The minimum Gasteiger partial charge on any atom is -0.381 e. The lowest BCUT2D eigenvalue weighted by atomic mass is 10.0. The Morgan fingerprint density at radius 3 is 3.24 bits per heavy atom. The van der Waals surface area contributed by atoms with Gasteiger partial charge in [-0.3, -0.25) is 4.84 Å². The van der Waals surface area contributed by atoms with Crippen LogP contribution in [0.3, 0.4) is 0 Å². The molecule has 1 unspecified atom stereocenters. The summed E-state index contributed by atoms with van der Waals surface area (Å²) in [7, 11) is 1.64. The maximum Gasteiger partial charge on any atom is 0.227 e. The van der Waals surface area contributed by atoms with E-state index in [4.69, 9.17) is 14.6 Å². The number of aromatic nitrogens is 4. The molecular formula is C17H19BrN5O2+. The van der Waals surface area contributed by atoms with Gasteiger partial charge in [-0.05, 0) is 28.4 Å². The first kappa shape index (κ1) is 16.3. The topological polar surface area (TPSA) is 64.6 Å². The van der Waals surface area contributed by atoms with Crippen LogP contribution in [-0.4, -0.2) is 34.9 Å². The summed E-state index contributed by atoms with van der Waals surface area (Å²) in [5.41, 5.74) is 2.95. The number of nitrogens with one attached hydrogen (secondary N) is 1. The maximum atomic E-state index is 5.52. The SMILES string of the molecule is CO[n+]1cccc(CNc2cc(C3CCOC3)nc3c(Br)cnn23)c1. The van der Waals surface area contributed by atoms with E-state index >= 15 is 0 Å². The highest BCUT2D eigenvalue weighted by atomic mass is 79.9. The number of halogens is 1. The molecule has 1 fully saturated rings. The number of anilines is 1. The van der Waals surface area contributed by atoms with E-state index in [1.54, 1.807) is 18.0 Å². The average molecular weight is 405 g/mol. The van der Waals surface area contributed by atoms with Gasteiger partial charge in [0.1, 0.15) is 12.9 Å². The first-order chi connectivity index (χ1) is 12.2. The fraction of sp³-hybridized carbons (Fsp3) is 0.353. The maximum absolute atomic E-state index is 5.52. The number of hydrogen-bond acceptors (Lipinski definition) is 5. The lowest BCUT2D eigenvalue weighted by molar-refractivity contribution is -0.885. The predicted molar refractivity (Wildman–Crippen MR) is 95.3 cm³/mol. The van der Waals surface area contributed by atoms with Gasteiger partial charge in [0.25, 0.3) is 0 Å². The standard InChI is InChI=1S/C17H19BrN5O2/c1-24-22-5-2-3-12(10-22)8-19-16-7-15(13-4-6-25-11-13)21-17-14(18)9-20-23(16)17/h2-3,5,7,9-10,13,19H,4,6,8,11H2,1H3/q+1. The van der Waals surface area contributed by atoms with Crippen LogP contribution in [0.5, 0.6) is 0 Å². The summed E-state index contributed by atoms with van der Waals surface area (Å²) in [6.07, 6.45) is 6.57. The fourth-order valence-electron chi connectivity index (χ4n) is 2.97. The van der Waals surface area contributed by atoms with Crippen molar-refractivity contribution in [3.63, 3.8) is 0 Å². The molecular weight excluding hydrogens is 386 g/mol. The molecule has 0 amide bonds. The summed E-state index contributed by atoms with van der Waals surface area (Å²) < 4.78 is 9.89. The lowest BCUT2D eigenvalue weighted by Gasteiger charge is -2.13. The minimum absolute atomic E-state index is 0.333. The van der Waals surface area contributed by atoms with E-state index in [0.717, 1.165) is 46.8 Å². The predicted octanol–water partition coefficient (Wildman–Crippen LogP) is 1.95. The van der Waals surface area contributed by atoms with Crippen molar-refractivity contribution < 1.29 is 14.3 Å². The second kappa shape index (κ2) is 6.97. The Balaban J connectivity index is 1.65. The molecule has 3 aromatic heterocycles. The average Bonchev–Trinajstić information content (AvgIpc) is 3.30. The van der Waals surface area contributed by atoms with Gasteiger partial charge in [0.05, 0.1) is 23.0 Å². The van der Waals surface area contributed by atoms with E-state index in [2.05, 4.69) is 32.4 Å². The van der Waals surface area contributed by atoms with E-state index in [9.17, 15) is 0 Å². The zero-order valence-electron chi connectivity index (χ0n) is 13.9. The molecule has 4 rings (SSSR count). The fourth-order valence-corrected chi connectivity index (χ4v) is 3.32. The third-order valence-electron chi connectivity index (χ3n) is 4.32. The van der Waals surface area contributed by atoms with E-state index in [0.29, 0.717) is 12.5 Å². The van der Waals surface area contributed by atoms with Crippen molar-refractivity contribution in [3.8, 4) is 0 Å². The summed E-state index contributed by atoms with van der Waals surface area (Å²) in [4.78, 5) is 9.98. The highest BCUT2D eigenvalue weighted by Gasteiger charge is 2.21. The first-order valence-electron chi connectivity index (χ1n) is 8.15. The molecule has 3 aromatic rings. The van der Waals surface area contributed by atoms with Gasteiger partial charge >= 0.3 is 0 Å². The molecule has 0 saturated carbocycles. The zero-order valence-corrected chi connectivity index (χ0v) is 15.4. The normalized spacial score (nSPS) is 17.1. The number of pyridine rings is 1. The Kier molecular flexibility index (Phi) is 4.54. The molecule has 1 atom stereocenters. The molecule has 25 heavy (non-hydrogen) atoms. The molecule has 1 N–H and O–H groups in total. The second-order valence-electron chi connectivity index (χ2n) is 5.96. The van der Waals surface area contributed by atoms with Crippen LogP contribution in [0.25, 0.3) is 5.65 Å². The van der Waals surface area contributed by atoms with Crippen LogP contribution in [0.15, 0.2) is 41.3 Å². The van der Waals surface area contributed by atoms with Crippen LogP contribution in [0.2, 0.25) is 0 Å². The molecule has 1 aliphatic heterocycles. The molecule has 130 valence electrons. The molecule has 0 bridgehead atoms. The van der Waals surface area contributed by atoms with Gasteiger partial charge in [0, 0.05) is 41.5 Å². The molecule has 1 saturated heterocycles. The van der Waals surface area contributed by atoms with E-state index in [1.165, 1.54) is 0 Å². The number of rotatable bonds is 5. The van der Waals surface area contributed by atoms with Gasteiger partial charge in [0.2, 0.25) is 12.4 Å². The second-order valence-corrected chi connectivity index (χ2v) is 6.82. The molecule has 7 nitrogen and oxygen atoms in total. The largest absolute Gasteiger partial charge is 0.381 e. The van der Waals surface area contributed by atoms with Crippen molar-refractivity contribution in [2.45, 2.75) is 18.9 Å². The number of nitrogens with zero attached hydrogens (tertiary/aromatic N) is 4. The summed E-state index contributed by atoms with van der Waals surface area (Å²) in [6.45, 7) is 2.17. The monoisotopic (exact) mass is 404 g/mol. The van der Waals surface area contributed by atoms with Crippen LogP contribution < -0.4 is 14.9 Å². The van der Waals surface area contributed by atoms with Crippen LogP contribution in [0.4, 0.5) is 5.82 Å². The van der Waals surface area contributed by atoms with Gasteiger partial charge in [-0.1, -0.05) is 0 Å². The molecule has 0 aromatic carbocycles. The summed E-state index contributed by atoms with van der Waals surface area (Å²) in [5.74, 6) is 1.24. The number of hydrogen-bond donors (Lipinski definition) is 1. The number of fused-ring (bicyclic) bond motifs is 1. The van der Waals surface area contributed by atoms with Crippen LogP contribution in [0, 0.1) is 0 Å². The smallest absolute Gasteiger partial charge is 0.227 e. The van der Waals surface area contributed by atoms with Gasteiger partial charge in [-0.25, -0.2) is 4.98 Å². The van der Waals surface area contributed by atoms with Crippen molar-refractivity contribution >= 4 is 27.4 Å². The van der Waals surface area contributed by atoms with Crippen molar-refractivity contribution in [1.82, 2.24) is 14.6 Å². The third-order valence-corrected chi connectivity index (χ3v) is 4.88. The van der Waals surface area contributed by atoms with Gasteiger partial charge in [0.15, 0.2) is 5.65 Å². The Hall–Kier alpha value is -2.19. The Bertz CT molecular complexity index is 892. The summed E-state index contributed by atoms with van der Waals surface area (Å²) in [5, 5.41) is 7.88. The van der Waals surface area contributed by atoms with Crippen LogP contribution in [-0.2, 0) is 11.3 Å². The Morgan fingerprint density at radius 2 is 2.44 bits per heavy atom. The van der Waals surface area contributed by atoms with Gasteiger partial charge in [-0.15, -0.1) is 0 Å². The molecule has 1 aliphatic rings. The van der Waals surface area contributed by atoms with Crippen molar-refractivity contribution in [2.75, 3.05) is 25.6 Å². The molecule has 0 spiro atoms. The van der Waals surface area contributed by atoms with Crippen molar-refractivity contribution in [1.29, 1.82) is 0 Å². The third kappa shape index (κ3) is 3.32.